The first-order valence-corrected chi connectivity index (χ1v) is 11.3. The average molecular weight is 396 g/mol. The van der Waals surface area contributed by atoms with Gasteiger partial charge in [0.2, 0.25) is 0 Å². The predicted molar refractivity (Wildman–Crippen MR) is 96.7 cm³/mol. The minimum Gasteiger partial charge on any atom is -0.302 e. The smallest absolute Gasteiger partial charge is 0.302 e. The fourth-order valence-corrected chi connectivity index (χ4v) is 4.83. The Balaban J connectivity index is 2.54. The third kappa shape index (κ3) is 7.48. The van der Waals surface area contributed by atoms with Crippen LogP contribution in [0.1, 0.15) is 53.4 Å². The Hall–Kier alpha value is -0.260. The van der Waals surface area contributed by atoms with Gasteiger partial charge in [-0.25, -0.2) is 9.13 Å². The molecule has 7 nitrogen and oxygen atoms in total. The predicted octanol–water partition coefficient (Wildman–Crippen LogP) is 4.57. The van der Waals surface area contributed by atoms with Gasteiger partial charge in [-0.2, -0.15) is 4.31 Å². The van der Waals surface area contributed by atoms with E-state index in [1.165, 1.54) is 5.57 Å². The summed E-state index contributed by atoms with van der Waals surface area (Å²) < 4.78 is 30.2. The van der Waals surface area contributed by atoms with Gasteiger partial charge < -0.3 is 14.7 Å². The Labute approximate surface area is 150 Å². The van der Waals surface area contributed by atoms with Crippen LogP contribution in [0.3, 0.4) is 0 Å². The van der Waals surface area contributed by atoms with Crippen LogP contribution in [0, 0.1) is 17.3 Å². The molecule has 0 aromatic heterocycles. The van der Waals surface area contributed by atoms with Gasteiger partial charge in [0.1, 0.15) is 0 Å². The lowest BCUT2D eigenvalue weighted by atomic mass is 9.60. The fraction of sp³-hybridized carbons (Fsp3) is 0.750. The number of hydrogen-bond acceptors (Lipinski definition) is 4. The number of phosphoric acid groups is 2. The molecule has 0 aromatic carbocycles. The summed E-state index contributed by atoms with van der Waals surface area (Å²) in [5.74, 6) is 1.04. The fourth-order valence-electron chi connectivity index (χ4n) is 3.30. The van der Waals surface area contributed by atoms with E-state index in [0.717, 1.165) is 31.3 Å². The Morgan fingerprint density at radius 1 is 1.36 bits per heavy atom. The van der Waals surface area contributed by atoms with Crippen LogP contribution in [0.2, 0.25) is 0 Å². The first kappa shape index (κ1) is 22.8. The van der Waals surface area contributed by atoms with Gasteiger partial charge in [-0.15, -0.1) is 0 Å². The van der Waals surface area contributed by atoms with E-state index in [2.05, 4.69) is 36.2 Å². The first-order chi connectivity index (χ1) is 11.2. The van der Waals surface area contributed by atoms with Crippen molar-refractivity contribution in [3.05, 3.63) is 23.8 Å². The van der Waals surface area contributed by atoms with Crippen LogP contribution in [-0.4, -0.2) is 21.3 Å². The van der Waals surface area contributed by atoms with E-state index >= 15 is 0 Å². The largest absolute Gasteiger partial charge is 0.481 e. The summed E-state index contributed by atoms with van der Waals surface area (Å²) >= 11 is 0. The molecule has 3 atom stereocenters. The summed E-state index contributed by atoms with van der Waals surface area (Å²) in [6.07, 6.45) is 5.56. The van der Waals surface area contributed by atoms with Crippen LogP contribution in [0.15, 0.2) is 23.8 Å². The molecule has 25 heavy (non-hydrogen) atoms. The van der Waals surface area contributed by atoms with Gasteiger partial charge in [0.15, 0.2) is 0 Å². The van der Waals surface area contributed by atoms with Gasteiger partial charge in [-0.05, 0) is 49.9 Å². The minimum atomic E-state index is -5.08. The molecule has 0 amide bonds. The molecule has 0 saturated heterocycles. The van der Waals surface area contributed by atoms with Gasteiger partial charge in [0.25, 0.3) is 0 Å². The van der Waals surface area contributed by atoms with Crippen LogP contribution in [0.4, 0.5) is 0 Å². The maximum Gasteiger partial charge on any atom is 0.481 e. The molecule has 1 fully saturated rings. The van der Waals surface area contributed by atoms with Gasteiger partial charge >= 0.3 is 15.6 Å². The number of phosphoric ester groups is 1. The Morgan fingerprint density at radius 2 is 1.96 bits per heavy atom. The Kier molecular flexibility index (Phi) is 7.85. The van der Waals surface area contributed by atoms with E-state index in [-0.39, 0.29) is 12.0 Å². The average Bonchev–Trinajstić information content (AvgIpc) is 2.40. The van der Waals surface area contributed by atoms with Crippen molar-refractivity contribution in [1.29, 1.82) is 0 Å². The second-order valence-corrected chi connectivity index (χ2v) is 10.2. The molecule has 146 valence electrons. The quantitative estimate of drug-likeness (QED) is 0.407. The maximum absolute atomic E-state index is 11.4. The lowest BCUT2D eigenvalue weighted by Crippen LogP contribution is -2.36. The van der Waals surface area contributed by atoms with Gasteiger partial charge in [-0.1, -0.05) is 44.6 Å². The molecule has 1 saturated carbocycles. The standard InChI is InChI=1S/C16H30O7P2/c1-12(10-11-22-25(20,21)23-24(17,18)19)6-9-15-13(2)7-8-14(3)16(15,4)5/h10,14-15H,2,6-9,11H2,1,3-5H3,(H,20,21)(H2,17,18,19)/b12-10+/t14-,15+/m0/s1. The van der Waals surface area contributed by atoms with Crippen molar-refractivity contribution in [2.45, 2.75) is 53.4 Å². The van der Waals surface area contributed by atoms with E-state index < -0.39 is 15.6 Å². The molecule has 0 radical (unpaired) electrons. The highest BCUT2D eigenvalue weighted by molar-refractivity contribution is 7.60. The van der Waals surface area contributed by atoms with Crippen molar-refractivity contribution in [3.8, 4) is 0 Å². The van der Waals surface area contributed by atoms with E-state index in [1.807, 2.05) is 6.92 Å². The zero-order valence-electron chi connectivity index (χ0n) is 15.3. The Bertz CT molecular complexity index is 606. The molecule has 0 aliphatic heterocycles. The van der Waals surface area contributed by atoms with Crippen molar-refractivity contribution < 1.29 is 32.6 Å². The molecule has 3 N–H and O–H groups in total. The molecule has 0 aromatic rings. The third-order valence-corrected chi connectivity index (χ3v) is 7.42. The van der Waals surface area contributed by atoms with E-state index in [4.69, 9.17) is 9.79 Å². The summed E-state index contributed by atoms with van der Waals surface area (Å²) in [4.78, 5) is 26.3. The van der Waals surface area contributed by atoms with Crippen LogP contribution < -0.4 is 0 Å². The summed E-state index contributed by atoms with van der Waals surface area (Å²) in [5.41, 5.74) is 2.43. The zero-order valence-corrected chi connectivity index (χ0v) is 17.1. The van der Waals surface area contributed by atoms with Gasteiger partial charge in [0, 0.05) is 0 Å². The molecular weight excluding hydrogens is 366 g/mol. The van der Waals surface area contributed by atoms with Gasteiger partial charge in [-0.3, -0.25) is 4.52 Å². The maximum atomic E-state index is 11.4. The zero-order chi connectivity index (χ0) is 19.5. The molecule has 1 rings (SSSR count). The highest BCUT2D eigenvalue weighted by atomic mass is 31.3. The number of hydrogen-bond donors (Lipinski definition) is 3. The monoisotopic (exact) mass is 396 g/mol. The third-order valence-electron chi connectivity index (χ3n) is 5.27. The molecule has 1 aliphatic rings. The number of rotatable bonds is 8. The minimum absolute atomic E-state index is 0.185. The molecule has 1 unspecified atom stereocenters. The van der Waals surface area contributed by atoms with Crippen molar-refractivity contribution in [3.63, 3.8) is 0 Å². The molecule has 0 spiro atoms. The van der Waals surface area contributed by atoms with Crippen molar-refractivity contribution in [2.24, 2.45) is 17.3 Å². The SMILES string of the molecule is C=C1CC[C@H](C)C(C)(C)[C@@H]1CC/C(C)=C/COP(=O)(O)OP(=O)(O)O. The van der Waals surface area contributed by atoms with Crippen molar-refractivity contribution >= 4 is 15.6 Å². The molecule has 9 heteroatoms. The van der Waals surface area contributed by atoms with Crippen LogP contribution in [0.5, 0.6) is 0 Å². The van der Waals surface area contributed by atoms with E-state index in [1.54, 1.807) is 6.08 Å². The summed E-state index contributed by atoms with van der Waals surface area (Å²) in [6, 6.07) is 0. The molecule has 1 aliphatic carbocycles. The number of allylic oxidation sites excluding steroid dienone is 2. The van der Waals surface area contributed by atoms with Crippen LogP contribution >= 0.6 is 15.6 Å². The first-order valence-electron chi connectivity index (χ1n) is 8.32. The van der Waals surface area contributed by atoms with Crippen molar-refractivity contribution in [1.82, 2.24) is 0 Å². The summed E-state index contributed by atoms with van der Waals surface area (Å²) in [7, 11) is -9.85. The second kappa shape index (κ2) is 8.62. The highest BCUT2D eigenvalue weighted by Crippen LogP contribution is 2.57. The summed E-state index contributed by atoms with van der Waals surface area (Å²) in [6.45, 7) is 12.7. The molecule has 0 heterocycles. The lowest BCUT2D eigenvalue weighted by Gasteiger charge is -2.45. The van der Waals surface area contributed by atoms with E-state index in [9.17, 15) is 14.0 Å². The van der Waals surface area contributed by atoms with Crippen LogP contribution in [0.25, 0.3) is 0 Å². The lowest BCUT2D eigenvalue weighted by molar-refractivity contribution is 0.106. The van der Waals surface area contributed by atoms with E-state index in [0.29, 0.717) is 11.8 Å². The van der Waals surface area contributed by atoms with Crippen LogP contribution in [-0.2, 0) is 18.0 Å². The molecular formula is C16H30O7P2. The molecule has 0 bridgehead atoms. The second-order valence-electron chi connectivity index (χ2n) is 7.40. The van der Waals surface area contributed by atoms with Gasteiger partial charge in [0.05, 0.1) is 6.61 Å². The normalized spacial score (nSPS) is 27.2. The Morgan fingerprint density at radius 3 is 2.52 bits per heavy atom. The topological polar surface area (TPSA) is 113 Å². The van der Waals surface area contributed by atoms with Crippen molar-refractivity contribution in [2.75, 3.05) is 6.61 Å². The summed E-state index contributed by atoms with van der Waals surface area (Å²) in [5, 5.41) is 0. The highest BCUT2D eigenvalue weighted by Gasteiger charge is 2.39.